The van der Waals surface area contributed by atoms with Crippen molar-refractivity contribution in [3.63, 3.8) is 0 Å². The van der Waals surface area contributed by atoms with E-state index in [9.17, 15) is 9.59 Å². The number of benzene rings is 1. The highest BCUT2D eigenvalue weighted by atomic mass is 16.2. The van der Waals surface area contributed by atoms with E-state index in [1.54, 1.807) is 12.1 Å². The Kier molecular flexibility index (Phi) is 4.41. The second kappa shape index (κ2) is 7.02. The summed E-state index contributed by atoms with van der Waals surface area (Å²) in [5.41, 5.74) is 3.27. The van der Waals surface area contributed by atoms with Crippen LogP contribution in [0.2, 0.25) is 0 Å². The Morgan fingerprint density at radius 2 is 2.04 bits per heavy atom. The lowest BCUT2D eigenvalue weighted by atomic mass is 10.1. The quantitative estimate of drug-likeness (QED) is 0.716. The molecule has 2 aromatic heterocycles. The molecular formula is C18H19N7O2. The highest BCUT2D eigenvalue weighted by molar-refractivity contribution is 5.94. The van der Waals surface area contributed by atoms with Gasteiger partial charge in [0, 0.05) is 24.6 Å². The summed E-state index contributed by atoms with van der Waals surface area (Å²) in [7, 11) is 0. The fraction of sp³-hybridized carbons (Fsp3) is 0.278. The monoisotopic (exact) mass is 365 g/mol. The van der Waals surface area contributed by atoms with E-state index in [1.165, 1.54) is 13.3 Å². The summed E-state index contributed by atoms with van der Waals surface area (Å²) in [6.07, 6.45) is 1.45. The van der Waals surface area contributed by atoms with Gasteiger partial charge >= 0.3 is 0 Å². The van der Waals surface area contributed by atoms with Gasteiger partial charge in [0.1, 0.15) is 6.33 Å². The number of rotatable bonds is 4. The van der Waals surface area contributed by atoms with Crippen molar-refractivity contribution in [2.75, 3.05) is 6.54 Å². The molecule has 138 valence electrons. The van der Waals surface area contributed by atoms with Gasteiger partial charge in [-0.05, 0) is 18.2 Å². The molecule has 0 saturated heterocycles. The van der Waals surface area contributed by atoms with Crippen LogP contribution in [0.15, 0.2) is 36.7 Å². The molecule has 0 fully saturated rings. The van der Waals surface area contributed by atoms with Crippen molar-refractivity contribution in [1.29, 1.82) is 0 Å². The molecule has 1 aliphatic rings. The summed E-state index contributed by atoms with van der Waals surface area (Å²) in [6.45, 7) is 3.60. The minimum absolute atomic E-state index is 0.0185. The van der Waals surface area contributed by atoms with Crippen LogP contribution >= 0.6 is 0 Å². The SMILES string of the molecule is CC(=O)NCc1cc2n(n1)CCN(C(=O)c1ccc(-c3ncn[nH]3)cc1)C2. The number of nitrogens with one attached hydrogen (secondary N) is 2. The van der Waals surface area contributed by atoms with Crippen LogP contribution in [-0.2, 0) is 24.4 Å². The van der Waals surface area contributed by atoms with Gasteiger partial charge in [-0.2, -0.15) is 10.2 Å². The number of hydrogen-bond donors (Lipinski definition) is 2. The number of aromatic nitrogens is 5. The normalized spacial score (nSPS) is 13.3. The molecule has 4 rings (SSSR count). The first kappa shape index (κ1) is 17.0. The number of aromatic amines is 1. The smallest absolute Gasteiger partial charge is 0.254 e. The van der Waals surface area contributed by atoms with Gasteiger partial charge < -0.3 is 10.2 Å². The van der Waals surface area contributed by atoms with Crippen molar-refractivity contribution in [2.45, 2.75) is 26.6 Å². The van der Waals surface area contributed by atoms with Crippen LogP contribution in [0.5, 0.6) is 0 Å². The Morgan fingerprint density at radius 3 is 2.74 bits per heavy atom. The second-order valence-corrected chi connectivity index (χ2v) is 6.40. The second-order valence-electron chi connectivity index (χ2n) is 6.40. The molecule has 27 heavy (non-hydrogen) atoms. The van der Waals surface area contributed by atoms with E-state index in [1.807, 2.05) is 27.8 Å². The molecule has 2 N–H and O–H groups in total. The van der Waals surface area contributed by atoms with Gasteiger partial charge in [-0.25, -0.2) is 4.98 Å². The fourth-order valence-electron chi connectivity index (χ4n) is 3.10. The van der Waals surface area contributed by atoms with Crippen LogP contribution in [0.4, 0.5) is 0 Å². The first-order valence-corrected chi connectivity index (χ1v) is 8.65. The largest absolute Gasteiger partial charge is 0.351 e. The van der Waals surface area contributed by atoms with E-state index < -0.39 is 0 Å². The Balaban J connectivity index is 1.45. The predicted octanol–water partition coefficient (Wildman–Crippen LogP) is 0.960. The average molecular weight is 365 g/mol. The number of carbonyl (C=O) groups excluding carboxylic acids is 2. The van der Waals surface area contributed by atoms with Crippen molar-refractivity contribution in [2.24, 2.45) is 0 Å². The standard InChI is InChI=1S/C18H19N7O2/c1-12(26)19-9-15-8-16-10-24(6-7-25(16)23-15)18(27)14-4-2-13(3-5-14)17-20-11-21-22-17/h2-5,8,11H,6-7,9-10H2,1H3,(H,19,26)(H,20,21,22). The third-order valence-electron chi connectivity index (χ3n) is 4.47. The van der Waals surface area contributed by atoms with Crippen LogP contribution < -0.4 is 5.32 Å². The van der Waals surface area contributed by atoms with Crippen molar-refractivity contribution in [3.8, 4) is 11.4 Å². The van der Waals surface area contributed by atoms with E-state index >= 15 is 0 Å². The molecule has 0 unspecified atom stereocenters. The van der Waals surface area contributed by atoms with Crippen molar-refractivity contribution < 1.29 is 9.59 Å². The zero-order valence-electron chi connectivity index (χ0n) is 14.8. The molecular weight excluding hydrogens is 346 g/mol. The Bertz CT molecular complexity index is 960. The van der Waals surface area contributed by atoms with Crippen LogP contribution in [0.1, 0.15) is 28.7 Å². The zero-order chi connectivity index (χ0) is 18.8. The lowest BCUT2D eigenvalue weighted by Gasteiger charge is -2.27. The van der Waals surface area contributed by atoms with Gasteiger partial charge in [-0.15, -0.1) is 0 Å². The third-order valence-corrected chi connectivity index (χ3v) is 4.47. The van der Waals surface area contributed by atoms with E-state index in [0.29, 0.717) is 37.6 Å². The molecule has 0 spiro atoms. The van der Waals surface area contributed by atoms with Crippen molar-refractivity contribution >= 4 is 11.8 Å². The highest BCUT2D eigenvalue weighted by Gasteiger charge is 2.23. The molecule has 2 amide bonds. The summed E-state index contributed by atoms with van der Waals surface area (Å²) in [5.74, 6) is 0.559. The first-order valence-electron chi connectivity index (χ1n) is 8.65. The average Bonchev–Trinajstić information content (AvgIpc) is 3.35. The summed E-state index contributed by atoms with van der Waals surface area (Å²) in [5, 5.41) is 13.9. The highest BCUT2D eigenvalue weighted by Crippen LogP contribution is 2.19. The van der Waals surface area contributed by atoms with Gasteiger partial charge in [-0.3, -0.25) is 19.4 Å². The number of carbonyl (C=O) groups is 2. The van der Waals surface area contributed by atoms with E-state index in [2.05, 4.69) is 25.6 Å². The molecule has 3 aromatic rings. The number of amides is 2. The maximum Gasteiger partial charge on any atom is 0.254 e. The molecule has 0 atom stereocenters. The van der Waals surface area contributed by atoms with Crippen molar-refractivity contribution in [1.82, 2.24) is 35.2 Å². The molecule has 1 aliphatic heterocycles. The molecule has 3 heterocycles. The lowest BCUT2D eigenvalue weighted by Crippen LogP contribution is -2.38. The van der Waals surface area contributed by atoms with Gasteiger partial charge in [0.15, 0.2) is 5.82 Å². The molecule has 9 heteroatoms. The number of H-pyrrole nitrogens is 1. The maximum atomic E-state index is 12.8. The summed E-state index contributed by atoms with van der Waals surface area (Å²) < 4.78 is 1.90. The van der Waals surface area contributed by atoms with E-state index in [-0.39, 0.29) is 11.8 Å². The first-order chi connectivity index (χ1) is 13.1. The fourth-order valence-corrected chi connectivity index (χ4v) is 3.10. The molecule has 0 aliphatic carbocycles. The Labute approximate surface area is 155 Å². The topological polar surface area (TPSA) is 109 Å². The number of nitrogens with zero attached hydrogens (tertiary/aromatic N) is 5. The minimum Gasteiger partial charge on any atom is -0.351 e. The summed E-state index contributed by atoms with van der Waals surface area (Å²) in [6, 6.07) is 9.24. The lowest BCUT2D eigenvalue weighted by molar-refractivity contribution is -0.119. The zero-order valence-corrected chi connectivity index (χ0v) is 14.8. The van der Waals surface area contributed by atoms with Gasteiger partial charge in [0.25, 0.3) is 5.91 Å². The van der Waals surface area contributed by atoms with Gasteiger partial charge in [0.2, 0.25) is 5.91 Å². The molecule has 0 radical (unpaired) electrons. The van der Waals surface area contributed by atoms with E-state index in [0.717, 1.165) is 17.0 Å². The molecule has 0 saturated carbocycles. The molecule has 0 bridgehead atoms. The summed E-state index contributed by atoms with van der Waals surface area (Å²) in [4.78, 5) is 29.8. The van der Waals surface area contributed by atoms with Crippen LogP contribution in [0.3, 0.4) is 0 Å². The molecule has 1 aromatic carbocycles. The number of fused-ring (bicyclic) bond motifs is 1. The Morgan fingerprint density at radius 1 is 1.22 bits per heavy atom. The van der Waals surface area contributed by atoms with Crippen LogP contribution in [0.25, 0.3) is 11.4 Å². The Hall–Kier alpha value is -3.49. The minimum atomic E-state index is -0.0912. The third kappa shape index (κ3) is 3.57. The van der Waals surface area contributed by atoms with Crippen LogP contribution in [-0.4, -0.2) is 48.2 Å². The van der Waals surface area contributed by atoms with Gasteiger partial charge in [-0.1, -0.05) is 12.1 Å². The molecule has 9 nitrogen and oxygen atoms in total. The predicted molar refractivity (Wildman–Crippen MR) is 96.3 cm³/mol. The maximum absolute atomic E-state index is 12.8. The van der Waals surface area contributed by atoms with E-state index in [4.69, 9.17) is 0 Å². The summed E-state index contributed by atoms with van der Waals surface area (Å²) >= 11 is 0. The van der Waals surface area contributed by atoms with Crippen molar-refractivity contribution in [3.05, 3.63) is 53.6 Å². The van der Waals surface area contributed by atoms with Gasteiger partial charge in [0.05, 0.1) is 31.0 Å². The van der Waals surface area contributed by atoms with Crippen LogP contribution in [0, 0.1) is 0 Å². The number of hydrogen-bond acceptors (Lipinski definition) is 5.